The summed E-state index contributed by atoms with van der Waals surface area (Å²) < 4.78 is 11.0. The summed E-state index contributed by atoms with van der Waals surface area (Å²) in [5, 5.41) is 0. The Morgan fingerprint density at radius 1 is 1.42 bits per heavy atom. The van der Waals surface area contributed by atoms with Crippen LogP contribution in [0.5, 0.6) is 0 Å². The van der Waals surface area contributed by atoms with Crippen molar-refractivity contribution in [1.29, 1.82) is 0 Å². The fraction of sp³-hybridized carbons (Fsp3) is 0.857. The van der Waals surface area contributed by atoms with Gasteiger partial charge in [-0.15, -0.1) is 0 Å². The topological polar surface area (TPSA) is 55.8 Å². The maximum Gasteiger partial charge on any atom is 0.410 e. The molecule has 1 rings (SSSR count). The SMILES string of the molecule is CCCOC1(C=O)CCCN(C(=O)OC(C)(C)C)C1. The molecule has 0 saturated carbocycles. The number of rotatable bonds is 4. The summed E-state index contributed by atoms with van der Waals surface area (Å²) >= 11 is 0. The van der Waals surface area contributed by atoms with Gasteiger partial charge in [-0.1, -0.05) is 6.92 Å². The molecule has 19 heavy (non-hydrogen) atoms. The number of aldehydes is 1. The van der Waals surface area contributed by atoms with Gasteiger partial charge in [0.15, 0.2) is 6.29 Å². The lowest BCUT2D eigenvalue weighted by Gasteiger charge is -2.39. The molecule has 1 atom stereocenters. The van der Waals surface area contributed by atoms with Crippen LogP contribution in [-0.2, 0) is 14.3 Å². The monoisotopic (exact) mass is 271 g/mol. The van der Waals surface area contributed by atoms with Gasteiger partial charge in [-0.2, -0.15) is 0 Å². The Hall–Kier alpha value is -1.10. The molecule has 0 aliphatic carbocycles. The molecule has 0 N–H and O–H groups in total. The van der Waals surface area contributed by atoms with E-state index in [1.807, 2.05) is 27.7 Å². The van der Waals surface area contributed by atoms with Gasteiger partial charge in [0.25, 0.3) is 0 Å². The third-order valence-corrected chi connectivity index (χ3v) is 2.95. The van der Waals surface area contributed by atoms with Crippen molar-refractivity contribution in [1.82, 2.24) is 4.90 Å². The molecule has 0 bridgehead atoms. The molecule has 1 saturated heterocycles. The van der Waals surface area contributed by atoms with Gasteiger partial charge in [0, 0.05) is 13.2 Å². The van der Waals surface area contributed by atoms with E-state index in [0.29, 0.717) is 19.6 Å². The molecule has 1 fully saturated rings. The first-order valence-electron chi connectivity index (χ1n) is 6.90. The van der Waals surface area contributed by atoms with Crippen LogP contribution < -0.4 is 0 Å². The van der Waals surface area contributed by atoms with Crippen molar-refractivity contribution >= 4 is 12.4 Å². The highest BCUT2D eigenvalue weighted by Crippen LogP contribution is 2.25. The minimum atomic E-state index is -0.856. The van der Waals surface area contributed by atoms with Gasteiger partial charge in [-0.05, 0) is 40.0 Å². The van der Waals surface area contributed by atoms with Crippen LogP contribution in [0, 0.1) is 0 Å². The lowest BCUT2D eigenvalue weighted by atomic mass is 9.94. The lowest BCUT2D eigenvalue weighted by Crippen LogP contribution is -2.53. The highest BCUT2D eigenvalue weighted by atomic mass is 16.6. The number of hydrogen-bond acceptors (Lipinski definition) is 4. The van der Waals surface area contributed by atoms with Gasteiger partial charge in [0.2, 0.25) is 0 Å². The van der Waals surface area contributed by atoms with Crippen LogP contribution >= 0.6 is 0 Å². The van der Waals surface area contributed by atoms with Crippen molar-refractivity contribution in [2.75, 3.05) is 19.7 Å². The number of amides is 1. The molecule has 5 heteroatoms. The van der Waals surface area contributed by atoms with Crippen LogP contribution in [0.15, 0.2) is 0 Å². The highest BCUT2D eigenvalue weighted by Gasteiger charge is 2.39. The Morgan fingerprint density at radius 3 is 2.63 bits per heavy atom. The van der Waals surface area contributed by atoms with E-state index in [0.717, 1.165) is 19.1 Å². The van der Waals surface area contributed by atoms with Gasteiger partial charge < -0.3 is 19.2 Å². The van der Waals surface area contributed by atoms with Crippen LogP contribution in [0.1, 0.15) is 47.0 Å². The lowest BCUT2D eigenvalue weighted by molar-refractivity contribution is -0.139. The van der Waals surface area contributed by atoms with E-state index < -0.39 is 11.2 Å². The standard InChI is InChI=1S/C14H25NO4/c1-5-9-18-14(11-16)7-6-8-15(10-14)12(17)19-13(2,3)4/h11H,5-10H2,1-4H3. The molecular formula is C14H25NO4. The van der Waals surface area contributed by atoms with E-state index in [9.17, 15) is 9.59 Å². The predicted molar refractivity (Wildman–Crippen MR) is 72.1 cm³/mol. The third kappa shape index (κ3) is 4.82. The minimum Gasteiger partial charge on any atom is -0.444 e. The first-order valence-corrected chi connectivity index (χ1v) is 6.90. The fourth-order valence-electron chi connectivity index (χ4n) is 2.09. The number of hydrogen-bond donors (Lipinski definition) is 0. The predicted octanol–water partition coefficient (Wildman–Crippen LogP) is 2.38. The first kappa shape index (κ1) is 16.0. The summed E-state index contributed by atoms with van der Waals surface area (Å²) in [5.74, 6) is 0. The van der Waals surface area contributed by atoms with Crippen molar-refractivity contribution < 1.29 is 19.1 Å². The number of piperidine rings is 1. The second kappa shape index (κ2) is 6.37. The van der Waals surface area contributed by atoms with Crippen molar-refractivity contribution in [3.8, 4) is 0 Å². The summed E-state index contributed by atoms with van der Waals surface area (Å²) in [5.41, 5.74) is -1.38. The van der Waals surface area contributed by atoms with Crippen LogP contribution in [0.2, 0.25) is 0 Å². The van der Waals surface area contributed by atoms with E-state index in [4.69, 9.17) is 9.47 Å². The second-order valence-electron chi connectivity index (χ2n) is 6.04. The largest absolute Gasteiger partial charge is 0.444 e. The maximum atomic E-state index is 12.0. The molecule has 110 valence electrons. The van der Waals surface area contributed by atoms with E-state index in [2.05, 4.69) is 0 Å². The van der Waals surface area contributed by atoms with Crippen LogP contribution in [-0.4, -0.2) is 48.2 Å². The zero-order chi connectivity index (χ0) is 14.5. The van der Waals surface area contributed by atoms with Gasteiger partial charge >= 0.3 is 6.09 Å². The quantitative estimate of drug-likeness (QED) is 0.737. The van der Waals surface area contributed by atoms with Crippen molar-refractivity contribution in [2.45, 2.75) is 58.2 Å². The molecule has 1 heterocycles. The smallest absolute Gasteiger partial charge is 0.410 e. The van der Waals surface area contributed by atoms with Crippen molar-refractivity contribution in [2.24, 2.45) is 0 Å². The Kier molecular flexibility index (Phi) is 5.35. The molecule has 0 aromatic carbocycles. The number of nitrogens with zero attached hydrogens (tertiary/aromatic N) is 1. The van der Waals surface area contributed by atoms with Gasteiger partial charge in [0.1, 0.15) is 11.2 Å². The molecule has 0 radical (unpaired) electrons. The number of ether oxygens (including phenoxy) is 2. The van der Waals surface area contributed by atoms with E-state index in [1.54, 1.807) is 4.90 Å². The Labute approximate surface area is 115 Å². The molecular weight excluding hydrogens is 246 g/mol. The average Bonchev–Trinajstić information content (AvgIpc) is 2.34. The van der Waals surface area contributed by atoms with E-state index in [-0.39, 0.29) is 12.6 Å². The Balaban J connectivity index is 2.66. The highest BCUT2D eigenvalue weighted by molar-refractivity contribution is 5.71. The van der Waals surface area contributed by atoms with E-state index >= 15 is 0 Å². The molecule has 0 spiro atoms. The summed E-state index contributed by atoms with van der Waals surface area (Å²) in [6.07, 6.45) is 2.72. The number of carbonyl (C=O) groups is 2. The number of likely N-dealkylation sites (tertiary alicyclic amines) is 1. The molecule has 0 aromatic heterocycles. The summed E-state index contributed by atoms with van der Waals surface area (Å²) in [4.78, 5) is 24.9. The molecule has 1 amide bonds. The van der Waals surface area contributed by atoms with Crippen molar-refractivity contribution in [3.05, 3.63) is 0 Å². The normalized spacial score (nSPS) is 24.1. The van der Waals surface area contributed by atoms with Gasteiger partial charge in [-0.25, -0.2) is 4.79 Å². The molecule has 0 aromatic rings. The molecule has 5 nitrogen and oxygen atoms in total. The van der Waals surface area contributed by atoms with Crippen LogP contribution in [0.3, 0.4) is 0 Å². The zero-order valence-electron chi connectivity index (χ0n) is 12.4. The zero-order valence-corrected chi connectivity index (χ0v) is 12.4. The summed E-state index contributed by atoms with van der Waals surface area (Å²) in [7, 11) is 0. The Bertz CT molecular complexity index is 324. The first-order chi connectivity index (χ1) is 8.82. The second-order valence-corrected chi connectivity index (χ2v) is 6.04. The Morgan fingerprint density at radius 2 is 2.11 bits per heavy atom. The maximum absolute atomic E-state index is 12.0. The van der Waals surface area contributed by atoms with Crippen molar-refractivity contribution in [3.63, 3.8) is 0 Å². The number of carbonyl (C=O) groups excluding carboxylic acids is 2. The minimum absolute atomic E-state index is 0.283. The van der Waals surface area contributed by atoms with Gasteiger partial charge in [0.05, 0.1) is 6.54 Å². The summed E-state index contributed by atoms with van der Waals surface area (Å²) in [6, 6.07) is 0. The van der Waals surface area contributed by atoms with Crippen LogP contribution in [0.4, 0.5) is 4.79 Å². The summed E-state index contributed by atoms with van der Waals surface area (Å²) in [6.45, 7) is 8.90. The fourth-order valence-corrected chi connectivity index (χ4v) is 2.09. The van der Waals surface area contributed by atoms with Gasteiger partial charge in [-0.3, -0.25) is 0 Å². The molecule has 1 aliphatic rings. The average molecular weight is 271 g/mol. The third-order valence-electron chi connectivity index (χ3n) is 2.95. The molecule has 1 aliphatic heterocycles. The molecule has 1 unspecified atom stereocenters. The van der Waals surface area contributed by atoms with Crippen LogP contribution in [0.25, 0.3) is 0 Å². The van der Waals surface area contributed by atoms with E-state index in [1.165, 1.54) is 0 Å².